The quantitative estimate of drug-likeness (QED) is 0.0282. The molecule has 0 fully saturated rings. The molecule has 0 bridgehead atoms. The molecule has 0 aliphatic heterocycles. The number of carbonyl (C=O) groups excluding carboxylic acids is 1. The standard InChI is InChI=1S/C49H100O3.C10H18O4/c1-11-12-13-14-18-28-35-42-49(50-43-36-29-22-15-19-25-32-39-46(2,3)4,51-44-37-30-23-16-20-26-33-40-47(5,6)7)52-45-38-31-24-17-21-27-34-41-48(8,9)10;1-4-5-13-6-9(11)7-14-10(12)8(2)3/h11-45H2,1-10H3;9,11H,2,4-7H2,1,3H3. The van der Waals surface area contributed by atoms with Gasteiger partial charge in [0.15, 0.2) is 0 Å². The van der Waals surface area contributed by atoms with Crippen molar-refractivity contribution in [3.63, 3.8) is 0 Å². The first kappa shape index (κ1) is 67.1. The van der Waals surface area contributed by atoms with Crippen molar-refractivity contribution >= 4 is 5.97 Å². The summed E-state index contributed by atoms with van der Waals surface area (Å²) in [5.74, 6) is -1.34. The first-order valence-electron chi connectivity index (χ1n) is 28.3. The van der Waals surface area contributed by atoms with Crippen LogP contribution in [0.2, 0.25) is 0 Å². The van der Waals surface area contributed by atoms with Gasteiger partial charge in [-0.05, 0) is 74.5 Å². The van der Waals surface area contributed by atoms with Gasteiger partial charge in [-0.1, -0.05) is 237 Å². The van der Waals surface area contributed by atoms with Gasteiger partial charge in [0, 0.05) is 18.6 Å². The third-order valence-electron chi connectivity index (χ3n) is 12.2. The lowest BCUT2D eigenvalue weighted by atomic mass is 9.89. The number of aliphatic hydroxyl groups is 1. The van der Waals surface area contributed by atoms with Crippen molar-refractivity contribution in [1.29, 1.82) is 0 Å². The number of rotatable bonds is 45. The molecule has 0 saturated heterocycles. The summed E-state index contributed by atoms with van der Waals surface area (Å²) in [6.07, 6.45) is 41.6. The molecule has 66 heavy (non-hydrogen) atoms. The number of hydrogen-bond donors (Lipinski definition) is 1. The van der Waals surface area contributed by atoms with E-state index in [9.17, 15) is 9.90 Å². The molecule has 0 saturated carbocycles. The minimum atomic E-state index is -0.851. The lowest BCUT2D eigenvalue weighted by Gasteiger charge is -2.34. The Morgan fingerprint density at radius 3 is 1.03 bits per heavy atom. The molecule has 1 N–H and O–H groups in total. The summed E-state index contributed by atoms with van der Waals surface area (Å²) in [5.41, 5.74) is 1.74. The zero-order valence-electron chi connectivity index (χ0n) is 46.8. The van der Waals surface area contributed by atoms with Crippen LogP contribution in [0.5, 0.6) is 0 Å². The molecule has 0 rings (SSSR count). The first-order chi connectivity index (χ1) is 31.3. The minimum absolute atomic E-state index is 0.0462. The van der Waals surface area contributed by atoms with Crippen LogP contribution < -0.4 is 0 Å². The number of carbonyl (C=O) groups is 1. The second kappa shape index (κ2) is 44.0. The van der Waals surface area contributed by atoms with Crippen LogP contribution in [-0.2, 0) is 28.5 Å². The van der Waals surface area contributed by atoms with Crippen LogP contribution in [0.15, 0.2) is 12.2 Å². The fourth-order valence-electron chi connectivity index (χ4n) is 7.95. The highest BCUT2D eigenvalue weighted by Gasteiger charge is 2.33. The van der Waals surface area contributed by atoms with Crippen molar-refractivity contribution < 1.29 is 33.6 Å². The molecule has 0 amide bonds. The molecule has 0 aliphatic carbocycles. The van der Waals surface area contributed by atoms with E-state index in [0.29, 0.717) is 28.4 Å². The van der Waals surface area contributed by atoms with Crippen molar-refractivity contribution in [2.75, 3.05) is 39.6 Å². The monoisotopic (exact) mass is 939 g/mol. The molecule has 1 atom stereocenters. The Labute approximate surface area is 413 Å². The third kappa shape index (κ3) is 52.4. The number of unbranched alkanes of at least 4 members (excludes halogenated alkanes) is 24. The second-order valence-electron chi connectivity index (χ2n) is 23.6. The fraction of sp³-hybridized carbons (Fsp3) is 0.949. The number of aliphatic hydroxyl groups excluding tert-OH is 1. The summed E-state index contributed by atoms with van der Waals surface area (Å²) in [4.78, 5) is 10.9. The fourth-order valence-corrected chi connectivity index (χ4v) is 7.95. The molecule has 0 aromatic carbocycles. The topological polar surface area (TPSA) is 83.5 Å². The second-order valence-corrected chi connectivity index (χ2v) is 23.6. The molecule has 396 valence electrons. The maximum Gasteiger partial charge on any atom is 0.333 e. The maximum absolute atomic E-state index is 10.9. The molecule has 0 aliphatic rings. The van der Waals surface area contributed by atoms with Gasteiger partial charge < -0.3 is 28.8 Å². The molecule has 0 aromatic heterocycles. The summed E-state index contributed by atoms with van der Waals surface area (Å²) in [6.45, 7) is 33.5. The molecule has 0 aromatic rings. The van der Waals surface area contributed by atoms with Gasteiger partial charge in [0.25, 0.3) is 5.97 Å². The van der Waals surface area contributed by atoms with Crippen LogP contribution >= 0.6 is 0 Å². The van der Waals surface area contributed by atoms with E-state index in [4.69, 9.17) is 23.7 Å². The van der Waals surface area contributed by atoms with Crippen LogP contribution in [0, 0.1) is 16.2 Å². The van der Waals surface area contributed by atoms with E-state index in [-0.39, 0.29) is 13.2 Å². The predicted octanol–water partition coefficient (Wildman–Crippen LogP) is 18.2. The van der Waals surface area contributed by atoms with Crippen LogP contribution in [0.25, 0.3) is 0 Å². The Hall–Kier alpha value is -0.990. The Balaban J connectivity index is 0. The van der Waals surface area contributed by atoms with Gasteiger partial charge in [-0.15, -0.1) is 0 Å². The van der Waals surface area contributed by atoms with E-state index in [1.54, 1.807) is 6.92 Å². The minimum Gasteiger partial charge on any atom is -0.460 e. The SMILES string of the molecule is C=C(C)C(=O)OCC(O)COCCC.CCCCCCCCCC(OCCCCCCCCCC(C)(C)C)(OCCCCCCCCCC(C)(C)C)OCCCCCCCCCC(C)(C)C. The zero-order chi connectivity index (χ0) is 49.8. The summed E-state index contributed by atoms with van der Waals surface area (Å²) in [5, 5.41) is 9.27. The number of hydrogen-bond acceptors (Lipinski definition) is 7. The van der Waals surface area contributed by atoms with Crippen molar-refractivity contribution in [3.05, 3.63) is 12.2 Å². The predicted molar refractivity (Wildman–Crippen MR) is 285 cm³/mol. The van der Waals surface area contributed by atoms with Gasteiger partial charge in [-0.3, -0.25) is 0 Å². The highest BCUT2D eigenvalue weighted by molar-refractivity contribution is 5.86. The zero-order valence-corrected chi connectivity index (χ0v) is 46.8. The van der Waals surface area contributed by atoms with Gasteiger partial charge in [0.05, 0.1) is 26.4 Å². The molecular formula is C59H118O7. The highest BCUT2D eigenvalue weighted by Crippen LogP contribution is 2.28. The van der Waals surface area contributed by atoms with Crippen LogP contribution in [0.1, 0.15) is 295 Å². The lowest BCUT2D eigenvalue weighted by molar-refractivity contribution is -0.384. The summed E-state index contributed by atoms with van der Waals surface area (Å²) in [7, 11) is 0. The van der Waals surface area contributed by atoms with E-state index in [1.165, 1.54) is 173 Å². The largest absolute Gasteiger partial charge is 0.460 e. The smallest absolute Gasteiger partial charge is 0.333 e. The van der Waals surface area contributed by atoms with Crippen molar-refractivity contribution in [2.45, 2.75) is 307 Å². The maximum atomic E-state index is 10.9. The third-order valence-corrected chi connectivity index (χ3v) is 12.2. The van der Waals surface area contributed by atoms with Crippen LogP contribution in [-0.4, -0.2) is 62.8 Å². The van der Waals surface area contributed by atoms with Gasteiger partial charge in [0.2, 0.25) is 0 Å². The van der Waals surface area contributed by atoms with Gasteiger partial charge in [-0.25, -0.2) is 4.79 Å². The molecule has 0 radical (unpaired) electrons. The van der Waals surface area contributed by atoms with E-state index < -0.39 is 18.0 Å². The molecule has 0 spiro atoms. The summed E-state index contributed by atoms with van der Waals surface area (Å²) >= 11 is 0. The Kier molecular flexibility index (Phi) is 44.7. The Morgan fingerprint density at radius 2 is 0.727 bits per heavy atom. The van der Waals surface area contributed by atoms with E-state index in [1.807, 2.05) is 6.92 Å². The Morgan fingerprint density at radius 1 is 0.424 bits per heavy atom. The summed E-state index contributed by atoms with van der Waals surface area (Å²) in [6, 6.07) is 0. The van der Waals surface area contributed by atoms with Crippen molar-refractivity contribution in [2.24, 2.45) is 16.2 Å². The molecule has 7 nitrogen and oxygen atoms in total. The van der Waals surface area contributed by atoms with Gasteiger partial charge in [-0.2, -0.15) is 0 Å². The average molecular weight is 940 g/mol. The molecule has 1 unspecified atom stereocenters. The number of esters is 1. The van der Waals surface area contributed by atoms with Crippen LogP contribution in [0.3, 0.4) is 0 Å². The first-order valence-corrected chi connectivity index (χ1v) is 28.3. The van der Waals surface area contributed by atoms with E-state index in [2.05, 4.69) is 75.8 Å². The van der Waals surface area contributed by atoms with Gasteiger partial charge in [0.1, 0.15) is 12.7 Å². The number of ether oxygens (including phenoxy) is 5. The molecule has 0 heterocycles. The van der Waals surface area contributed by atoms with Crippen molar-refractivity contribution in [3.8, 4) is 0 Å². The van der Waals surface area contributed by atoms with Crippen LogP contribution in [0.4, 0.5) is 0 Å². The molecule has 7 heteroatoms. The average Bonchev–Trinajstić information content (AvgIpc) is 3.23. The lowest BCUT2D eigenvalue weighted by Crippen LogP contribution is -2.40. The normalized spacial score (nSPS) is 12.9. The van der Waals surface area contributed by atoms with E-state index >= 15 is 0 Å². The van der Waals surface area contributed by atoms with Gasteiger partial charge >= 0.3 is 5.97 Å². The van der Waals surface area contributed by atoms with Crippen molar-refractivity contribution in [1.82, 2.24) is 0 Å². The molecular weight excluding hydrogens is 821 g/mol. The van der Waals surface area contributed by atoms with E-state index in [0.717, 1.165) is 58.3 Å². The summed E-state index contributed by atoms with van der Waals surface area (Å²) < 4.78 is 29.9. The Bertz CT molecular complexity index is 968. The highest BCUT2D eigenvalue weighted by atomic mass is 16.9.